The van der Waals surface area contributed by atoms with Gasteiger partial charge in [-0.2, -0.15) is 5.10 Å². The third-order valence-electron chi connectivity index (χ3n) is 2.88. The molecule has 4 nitrogen and oxygen atoms in total. The molecular weight excluding hydrogens is 280 g/mol. The number of benzene rings is 1. The van der Waals surface area contributed by atoms with Crippen LogP contribution in [0.4, 0.5) is 5.69 Å². The van der Waals surface area contributed by atoms with E-state index in [9.17, 15) is 0 Å². The highest BCUT2D eigenvalue weighted by Gasteiger charge is 2.14. The number of aromatic amines is 1. The maximum atomic E-state index is 5.96. The number of fused-ring (bicyclic) bond motifs is 1. The molecule has 3 rings (SSSR count). The van der Waals surface area contributed by atoms with E-state index in [1.54, 1.807) is 10.9 Å². The van der Waals surface area contributed by atoms with Crippen molar-refractivity contribution in [2.75, 3.05) is 5.73 Å². The number of nitrogen functional groups attached to an aromatic ring is 1. The minimum Gasteiger partial charge on any atom is -0.396 e. The number of hydrogen-bond donors (Lipinski definition) is 2. The van der Waals surface area contributed by atoms with Gasteiger partial charge < -0.3 is 10.7 Å². The van der Waals surface area contributed by atoms with Gasteiger partial charge in [0.15, 0.2) is 0 Å². The Balaban J connectivity index is 2.39. The first-order valence-electron chi connectivity index (χ1n) is 5.22. The van der Waals surface area contributed by atoms with Crippen LogP contribution in [0.5, 0.6) is 0 Å². The van der Waals surface area contributed by atoms with Gasteiger partial charge in [-0.1, -0.05) is 22.0 Å². The summed E-state index contributed by atoms with van der Waals surface area (Å²) in [6.07, 6.45) is 3.63. The van der Waals surface area contributed by atoms with Gasteiger partial charge in [-0.25, -0.2) is 0 Å². The van der Waals surface area contributed by atoms with Crippen LogP contribution in [0.3, 0.4) is 0 Å². The summed E-state index contributed by atoms with van der Waals surface area (Å²) in [4.78, 5) is 3.25. The summed E-state index contributed by atoms with van der Waals surface area (Å²) in [5.41, 5.74) is 9.72. The lowest BCUT2D eigenvalue weighted by Gasteiger charge is -2.03. The Kier molecular flexibility index (Phi) is 2.22. The van der Waals surface area contributed by atoms with Gasteiger partial charge in [0.2, 0.25) is 0 Å². The fourth-order valence-electron chi connectivity index (χ4n) is 2.11. The van der Waals surface area contributed by atoms with Crippen LogP contribution < -0.4 is 5.73 Å². The predicted octanol–water partition coefficient (Wildman–Crippen LogP) is 2.91. The van der Waals surface area contributed by atoms with Crippen LogP contribution in [0.25, 0.3) is 22.2 Å². The Labute approximate surface area is 107 Å². The molecule has 0 unspecified atom stereocenters. The molecule has 0 aliphatic rings. The number of nitrogens with one attached hydrogen (secondary N) is 1. The lowest BCUT2D eigenvalue weighted by molar-refractivity contribution is 0.776. The van der Waals surface area contributed by atoms with Crippen LogP contribution in [0.2, 0.25) is 0 Å². The van der Waals surface area contributed by atoms with Crippen molar-refractivity contribution in [3.63, 3.8) is 0 Å². The average Bonchev–Trinajstić information content (AvgIpc) is 2.84. The lowest BCUT2D eigenvalue weighted by Crippen LogP contribution is -1.95. The van der Waals surface area contributed by atoms with Crippen molar-refractivity contribution in [3.8, 4) is 11.3 Å². The number of rotatable bonds is 1. The third-order valence-corrected chi connectivity index (χ3v) is 3.54. The van der Waals surface area contributed by atoms with Crippen molar-refractivity contribution in [1.82, 2.24) is 14.8 Å². The zero-order valence-corrected chi connectivity index (χ0v) is 10.8. The second-order valence-electron chi connectivity index (χ2n) is 3.94. The molecule has 3 N–H and O–H groups in total. The maximum absolute atomic E-state index is 5.96. The van der Waals surface area contributed by atoms with Gasteiger partial charge in [0.25, 0.3) is 0 Å². The molecule has 0 aliphatic heterocycles. The molecule has 0 radical (unpaired) electrons. The van der Waals surface area contributed by atoms with E-state index in [1.165, 1.54) is 0 Å². The molecule has 0 saturated carbocycles. The van der Waals surface area contributed by atoms with E-state index in [0.29, 0.717) is 5.69 Å². The molecule has 17 heavy (non-hydrogen) atoms. The number of anilines is 1. The van der Waals surface area contributed by atoms with Crippen LogP contribution in [0.15, 0.2) is 35.1 Å². The molecule has 0 atom stereocenters. The highest BCUT2D eigenvalue weighted by Crippen LogP contribution is 2.35. The monoisotopic (exact) mass is 290 g/mol. The predicted molar refractivity (Wildman–Crippen MR) is 72.6 cm³/mol. The molecule has 0 amide bonds. The van der Waals surface area contributed by atoms with Gasteiger partial charge in [-0.3, -0.25) is 4.68 Å². The van der Waals surface area contributed by atoms with E-state index in [1.807, 2.05) is 31.4 Å². The molecular formula is C12H11BrN4. The highest BCUT2D eigenvalue weighted by atomic mass is 79.9. The quantitative estimate of drug-likeness (QED) is 0.724. The molecule has 1 aromatic carbocycles. The number of aryl methyl sites for hydroxylation is 1. The van der Waals surface area contributed by atoms with Crippen molar-refractivity contribution >= 4 is 32.5 Å². The van der Waals surface area contributed by atoms with E-state index in [-0.39, 0.29) is 0 Å². The van der Waals surface area contributed by atoms with Gasteiger partial charge in [-0.05, 0) is 12.1 Å². The first-order valence-corrected chi connectivity index (χ1v) is 6.01. The molecule has 2 heterocycles. The second-order valence-corrected chi connectivity index (χ2v) is 4.79. The number of halogens is 1. The van der Waals surface area contributed by atoms with Crippen molar-refractivity contribution in [2.45, 2.75) is 0 Å². The van der Waals surface area contributed by atoms with Crippen LogP contribution in [-0.2, 0) is 7.05 Å². The summed E-state index contributed by atoms with van der Waals surface area (Å²) < 4.78 is 2.84. The summed E-state index contributed by atoms with van der Waals surface area (Å²) in [5, 5.41) is 5.30. The molecule has 0 aliphatic carbocycles. The highest BCUT2D eigenvalue weighted by molar-refractivity contribution is 9.10. The smallest absolute Gasteiger partial charge is 0.0930 e. The Morgan fingerprint density at radius 3 is 2.94 bits per heavy atom. The summed E-state index contributed by atoms with van der Waals surface area (Å²) in [7, 11) is 1.89. The van der Waals surface area contributed by atoms with Gasteiger partial charge in [0.1, 0.15) is 0 Å². The fourth-order valence-corrected chi connectivity index (χ4v) is 2.69. The summed E-state index contributed by atoms with van der Waals surface area (Å²) in [6, 6.07) is 6.06. The van der Waals surface area contributed by atoms with Crippen LogP contribution in [0.1, 0.15) is 0 Å². The van der Waals surface area contributed by atoms with E-state index in [2.05, 4.69) is 26.0 Å². The average molecular weight is 291 g/mol. The third kappa shape index (κ3) is 1.46. The summed E-state index contributed by atoms with van der Waals surface area (Å²) in [5.74, 6) is 0. The number of nitrogens with two attached hydrogens (primary N) is 1. The topological polar surface area (TPSA) is 59.6 Å². The normalized spacial score (nSPS) is 11.2. The van der Waals surface area contributed by atoms with E-state index in [4.69, 9.17) is 5.73 Å². The zero-order chi connectivity index (χ0) is 12.0. The second kappa shape index (κ2) is 3.63. The van der Waals surface area contributed by atoms with Crippen LogP contribution >= 0.6 is 15.9 Å². The summed E-state index contributed by atoms with van der Waals surface area (Å²) >= 11 is 3.57. The number of nitrogens with zero attached hydrogens (tertiary/aromatic N) is 2. The minimum absolute atomic E-state index is 0.684. The number of hydrogen-bond acceptors (Lipinski definition) is 2. The number of H-pyrrole nitrogens is 1. The Morgan fingerprint density at radius 1 is 1.41 bits per heavy atom. The molecule has 0 bridgehead atoms. The fraction of sp³-hybridized carbons (Fsp3) is 0.0833. The van der Waals surface area contributed by atoms with E-state index >= 15 is 0 Å². The molecule has 3 aromatic rings. The zero-order valence-electron chi connectivity index (χ0n) is 9.24. The molecule has 0 spiro atoms. The largest absolute Gasteiger partial charge is 0.396 e. The van der Waals surface area contributed by atoms with Gasteiger partial charge in [0.05, 0.1) is 17.6 Å². The van der Waals surface area contributed by atoms with Gasteiger partial charge >= 0.3 is 0 Å². The van der Waals surface area contributed by atoms with E-state index in [0.717, 1.165) is 26.6 Å². The maximum Gasteiger partial charge on any atom is 0.0930 e. The van der Waals surface area contributed by atoms with Crippen molar-refractivity contribution < 1.29 is 0 Å². The van der Waals surface area contributed by atoms with Crippen LogP contribution in [-0.4, -0.2) is 14.8 Å². The minimum atomic E-state index is 0.684. The molecule has 0 fully saturated rings. The Morgan fingerprint density at radius 2 is 2.24 bits per heavy atom. The van der Waals surface area contributed by atoms with Crippen molar-refractivity contribution in [2.24, 2.45) is 7.05 Å². The lowest BCUT2D eigenvalue weighted by atomic mass is 10.1. The molecule has 5 heteroatoms. The first kappa shape index (κ1) is 10.4. The molecule has 86 valence electrons. The van der Waals surface area contributed by atoms with Crippen molar-refractivity contribution in [1.29, 1.82) is 0 Å². The van der Waals surface area contributed by atoms with Crippen molar-refractivity contribution in [3.05, 3.63) is 35.1 Å². The van der Waals surface area contributed by atoms with E-state index < -0.39 is 0 Å². The first-order chi connectivity index (χ1) is 8.18. The molecule has 0 saturated heterocycles. The van der Waals surface area contributed by atoms with Crippen LogP contribution in [0, 0.1) is 0 Å². The van der Waals surface area contributed by atoms with Gasteiger partial charge in [0, 0.05) is 34.2 Å². The SMILES string of the molecule is Cn1ncc(N)c1-c1c[nH]c2cccc(Br)c12. The Hall–Kier alpha value is -1.75. The number of aromatic nitrogens is 3. The Bertz CT molecular complexity index is 676. The molecule has 2 aromatic heterocycles. The van der Waals surface area contributed by atoms with Gasteiger partial charge in [-0.15, -0.1) is 0 Å². The summed E-state index contributed by atoms with van der Waals surface area (Å²) in [6.45, 7) is 0. The standard InChI is InChI=1S/C12H11BrN4/c1-17-12(9(14)6-16-17)7-5-15-10-4-2-3-8(13)11(7)10/h2-6,15H,14H2,1H3.